The summed E-state index contributed by atoms with van der Waals surface area (Å²) in [4.78, 5) is 14.4. The van der Waals surface area contributed by atoms with E-state index in [1.54, 1.807) is 6.92 Å². The van der Waals surface area contributed by atoms with E-state index < -0.39 is 5.54 Å². The van der Waals surface area contributed by atoms with Crippen molar-refractivity contribution in [1.29, 1.82) is 0 Å². The molecule has 0 radical (unpaired) electrons. The highest BCUT2D eigenvalue weighted by atomic mass is 16.2. The van der Waals surface area contributed by atoms with Gasteiger partial charge in [-0.15, -0.1) is 0 Å². The summed E-state index contributed by atoms with van der Waals surface area (Å²) in [5.74, 6) is -0.0111. The smallest absolute Gasteiger partial charge is 0.240 e. The van der Waals surface area contributed by atoms with Gasteiger partial charge in [-0.05, 0) is 40.0 Å². The Bertz CT molecular complexity index is 255. The van der Waals surface area contributed by atoms with Crippen LogP contribution in [0.2, 0.25) is 0 Å². The molecule has 1 heterocycles. The van der Waals surface area contributed by atoms with Gasteiger partial charge in [0.15, 0.2) is 0 Å². The second-order valence-corrected chi connectivity index (χ2v) is 5.65. The number of hydrogen-bond donors (Lipinski definition) is 2. The fourth-order valence-corrected chi connectivity index (χ4v) is 2.07. The number of likely N-dealkylation sites (tertiary alicyclic amines) is 1. The maximum absolute atomic E-state index is 11.9. The molecule has 1 aliphatic heterocycles. The molecule has 1 fully saturated rings. The quantitative estimate of drug-likeness (QED) is 0.775. The van der Waals surface area contributed by atoms with E-state index in [0.717, 1.165) is 25.9 Å². The van der Waals surface area contributed by atoms with Crippen molar-refractivity contribution < 1.29 is 4.79 Å². The first kappa shape index (κ1) is 14.5. The Morgan fingerprint density at radius 2 is 2.00 bits per heavy atom. The van der Waals surface area contributed by atoms with Crippen molar-refractivity contribution in [2.24, 2.45) is 5.73 Å². The number of nitrogens with two attached hydrogens (primary N) is 1. The summed E-state index contributed by atoms with van der Waals surface area (Å²) in [6, 6.07) is 0.897. The summed E-state index contributed by atoms with van der Waals surface area (Å²) in [5, 5.41) is 3.08. The van der Waals surface area contributed by atoms with Gasteiger partial charge in [-0.3, -0.25) is 4.79 Å². The Labute approximate surface area is 105 Å². The molecule has 4 heteroatoms. The molecule has 1 saturated heterocycles. The van der Waals surface area contributed by atoms with Crippen LogP contribution in [-0.2, 0) is 4.79 Å². The zero-order valence-corrected chi connectivity index (χ0v) is 11.6. The SMILES string of the molecule is CCC(C)(N)C(=O)NC1CCN(C(C)C)CC1. The second-order valence-electron chi connectivity index (χ2n) is 5.65. The number of rotatable bonds is 4. The van der Waals surface area contributed by atoms with Crippen molar-refractivity contribution in [1.82, 2.24) is 10.2 Å². The van der Waals surface area contributed by atoms with Crippen LogP contribution in [0.1, 0.15) is 47.0 Å². The van der Waals surface area contributed by atoms with Crippen molar-refractivity contribution in [3.63, 3.8) is 0 Å². The Morgan fingerprint density at radius 1 is 1.47 bits per heavy atom. The Balaban J connectivity index is 2.38. The molecule has 0 spiro atoms. The number of hydrogen-bond acceptors (Lipinski definition) is 3. The second kappa shape index (κ2) is 5.83. The molecule has 1 atom stereocenters. The lowest BCUT2D eigenvalue weighted by Gasteiger charge is -2.36. The van der Waals surface area contributed by atoms with E-state index in [1.807, 2.05) is 6.92 Å². The third kappa shape index (κ3) is 3.96. The van der Waals surface area contributed by atoms with E-state index in [1.165, 1.54) is 0 Å². The minimum Gasteiger partial charge on any atom is -0.352 e. The normalized spacial score (nSPS) is 22.5. The van der Waals surface area contributed by atoms with Gasteiger partial charge in [-0.25, -0.2) is 0 Å². The largest absolute Gasteiger partial charge is 0.352 e. The van der Waals surface area contributed by atoms with Crippen molar-refractivity contribution >= 4 is 5.91 Å². The van der Waals surface area contributed by atoms with Crippen LogP contribution in [0.5, 0.6) is 0 Å². The fraction of sp³-hybridized carbons (Fsp3) is 0.923. The highest BCUT2D eigenvalue weighted by Gasteiger charge is 2.29. The van der Waals surface area contributed by atoms with Gasteiger partial charge >= 0.3 is 0 Å². The van der Waals surface area contributed by atoms with Gasteiger partial charge in [0.05, 0.1) is 5.54 Å². The van der Waals surface area contributed by atoms with E-state index in [4.69, 9.17) is 5.73 Å². The zero-order valence-electron chi connectivity index (χ0n) is 11.6. The number of nitrogens with one attached hydrogen (secondary N) is 1. The number of piperidine rings is 1. The maximum atomic E-state index is 11.9. The lowest BCUT2D eigenvalue weighted by atomic mass is 9.97. The molecule has 17 heavy (non-hydrogen) atoms. The van der Waals surface area contributed by atoms with Crippen LogP contribution < -0.4 is 11.1 Å². The standard InChI is InChI=1S/C13H27N3O/c1-5-13(4,14)12(17)15-11-6-8-16(9-7-11)10(2)3/h10-11H,5-9,14H2,1-4H3,(H,15,17). The first-order chi connectivity index (χ1) is 7.86. The van der Waals surface area contributed by atoms with Crippen LogP contribution in [0.15, 0.2) is 0 Å². The topological polar surface area (TPSA) is 58.4 Å². The van der Waals surface area contributed by atoms with Gasteiger partial charge in [0.1, 0.15) is 0 Å². The fourth-order valence-electron chi connectivity index (χ4n) is 2.07. The summed E-state index contributed by atoms with van der Waals surface area (Å²) < 4.78 is 0. The minimum absolute atomic E-state index is 0.0111. The van der Waals surface area contributed by atoms with E-state index in [0.29, 0.717) is 18.5 Å². The van der Waals surface area contributed by atoms with Gasteiger partial charge in [0.2, 0.25) is 5.91 Å². The molecule has 1 unspecified atom stereocenters. The summed E-state index contributed by atoms with van der Waals surface area (Å²) >= 11 is 0. The summed E-state index contributed by atoms with van der Waals surface area (Å²) in [6.07, 6.45) is 2.73. The summed E-state index contributed by atoms with van der Waals surface area (Å²) in [7, 11) is 0. The van der Waals surface area contributed by atoms with Gasteiger partial charge in [0.25, 0.3) is 0 Å². The highest BCUT2D eigenvalue weighted by molar-refractivity contribution is 5.85. The molecular weight excluding hydrogens is 214 g/mol. The Morgan fingerprint density at radius 3 is 2.41 bits per heavy atom. The molecule has 0 aromatic rings. The first-order valence-corrected chi connectivity index (χ1v) is 6.70. The molecule has 1 aliphatic rings. The number of nitrogens with zero attached hydrogens (tertiary/aromatic N) is 1. The van der Waals surface area contributed by atoms with Gasteiger partial charge in [-0.1, -0.05) is 6.92 Å². The molecule has 0 saturated carbocycles. The zero-order chi connectivity index (χ0) is 13.1. The van der Waals surface area contributed by atoms with Crippen LogP contribution in [0.3, 0.4) is 0 Å². The molecule has 1 rings (SSSR count). The lowest BCUT2D eigenvalue weighted by molar-refractivity contribution is -0.127. The van der Waals surface area contributed by atoms with Crippen LogP contribution >= 0.6 is 0 Å². The number of carbonyl (C=O) groups excluding carboxylic acids is 1. The van der Waals surface area contributed by atoms with E-state index in [-0.39, 0.29) is 5.91 Å². The molecule has 0 aromatic carbocycles. The maximum Gasteiger partial charge on any atom is 0.240 e. The Kier molecular flexibility index (Phi) is 4.95. The van der Waals surface area contributed by atoms with Crippen LogP contribution in [0.25, 0.3) is 0 Å². The van der Waals surface area contributed by atoms with Crippen LogP contribution in [0.4, 0.5) is 0 Å². The molecule has 4 nitrogen and oxygen atoms in total. The third-order valence-electron chi connectivity index (χ3n) is 3.85. The van der Waals surface area contributed by atoms with E-state index in [2.05, 4.69) is 24.1 Å². The number of carbonyl (C=O) groups is 1. The molecule has 0 bridgehead atoms. The average Bonchev–Trinajstić information content (AvgIpc) is 2.29. The monoisotopic (exact) mass is 241 g/mol. The average molecular weight is 241 g/mol. The van der Waals surface area contributed by atoms with Gasteiger partial charge in [-0.2, -0.15) is 0 Å². The summed E-state index contributed by atoms with van der Waals surface area (Å²) in [6.45, 7) is 10.3. The summed E-state index contributed by atoms with van der Waals surface area (Å²) in [5.41, 5.74) is 5.20. The molecule has 3 N–H and O–H groups in total. The van der Waals surface area contributed by atoms with E-state index >= 15 is 0 Å². The first-order valence-electron chi connectivity index (χ1n) is 6.70. The highest BCUT2D eigenvalue weighted by Crippen LogP contribution is 2.14. The lowest BCUT2D eigenvalue weighted by Crippen LogP contribution is -2.55. The number of amides is 1. The molecule has 1 amide bonds. The van der Waals surface area contributed by atoms with Crippen molar-refractivity contribution in [2.75, 3.05) is 13.1 Å². The van der Waals surface area contributed by atoms with E-state index in [9.17, 15) is 4.79 Å². The van der Waals surface area contributed by atoms with Crippen LogP contribution in [0, 0.1) is 0 Å². The van der Waals surface area contributed by atoms with Crippen LogP contribution in [-0.4, -0.2) is 41.5 Å². The van der Waals surface area contributed by atoms with Crippen molar-refractivity contribution in [3.05, 3.63) is 0 Å². The predicted molar refractivity (Wildman–Crippen MR) is 70.8 cm³/mol. The molecule has 100 valence electrons. The van der Waals surface area contributed by atoms with Gasteiger partial charge in [0, 0.05) is 25.2 Å². The minimum atomic E-state index is -0.727. The van der Waals surface area contributed by atoms with Crippen molar-refractivity contribution in [2.45, 2.75) is 64.6 Å². The molecule has 0 aliphatic carbocycles. The molecular formula is C13H27N3O. The molecule has 0 aromatic heterocycles. The predicted octanol–water partition coefficient (Wildman–Crippen LogP) is 1.10. The third-order valence-corrected chi connectivity index (χ3v) is 3.85. The van der Waals surface area contributed by atoms with Gasteiger partial charge < -0.3 is 16.0 Å². The van der Waals surface area contributed by atoms with Crippen molar-refractivity contribution in [3.8, 4) is 0 Å². The Hall–Kier alpha value is -0.610.